The maximum absolute atomic E-state index is 13.4. The predicted molar refractivity (Wildman–Crippen MR) is 101 cm³/mol. The van der Waals surface area contributed by atoms with Gasteiger partial charge in [0.15, 0.2) is 21.3 Å². The molecule has 2 N–H and O–H groups in total. The largest absolute Gasteiger partial charge is 0.465 e. The molecule has 2 aliphatic rings. The second kappa shape index (κ2) is 6.79. The van der Waals surface area contributed by atoms with E-state index in [0.29, 0.717) is 17.1 Å². The lowest BCUT2D eigenvalue weighted by atomic mass is 9.99. The van der Waals surface area contributed by atoms with Crippen LogP contribution in [0.4, 0.5) is 0 Å². The lowest BCUT2D eigenvalue weighted by Gasteiger charge is -2.14. The van der Waals surface area contributed by atoms with Crippen molar-refractivity contribution in [3.05, 3.63) is 54.1 Å². The Labute approximate surface area is 163 Å². The Morgan fingerprint density at radius 1 is 1.18 bits per heavy atom. The quantitative estimate of drug-likeness (QED) is 0.734. The normalized spacial score (nSPS) is 25.4. The Morgan fingerprint density at radius 2 is 1.89 bits per heavy atom. The van der Waals surface area contributed by atoms with Crippen LogP contribution in [0.5, 0.6) is 11.5 Å². The zero-order valence-electron chi connectivity index (χ0n) is 15.3. The molecule has 0 amide bonds. The number of carbonyl (C=O) groups is 1. The number of carbonyl (C=O) groups excluding carboxylic acids is 1. The molecular weight excluding hydrogens is 382 g/mol. The molecule has 3 unspecified atom stereocenters. The maximum Gasteiger partial charge on any atom is 0.315 e. The zero-order valence-corrected chi connectivity index (χ0v) is 16.1. The number of rotatable bonds is 6. The average molecular weight is 403 g/mol. The number of hydrogen-bond acceptors (Lipinski definition) is 7. The van der Waals surface area contributed by atoms with Gasteiger partial charge in [0.25, 0.3) is 0 Å². The van der Waals surface area contributed by atoms with Crippen LogP contribution in [0.2, 0.25) is 0 Å². The zero-order chi connectivity index (χ0) is 19.9. The summed E-state index contributed by atoms with van der Waals surface area (Å²) in [5, 5.41) is -1.01. The van der Waals surface area contributed by atoms with Crippen LogP contribution in [-0.2, 0) is 19.4 Å². The van der Waals surface area contributed by atoms with Crippen LogP contribution in [0.1, 0.15) is 18.4 Å². The molecule has 1 heterocycles. The molecule has 2 aromatic rings. The van der Waals surface area contributed by atoms with E-state index in [4.69, 9.17) is 19.9 Å². The summed E-state index contributed by atoms with van der Waals surface area (Å²) in [5.74, 6) is -0.114. The minimum Gasteiger partial charge on any atom is -0.465 e. The number of ether oxygens (including phenoxy) is 3. The predicted octanol–water partition coefficient (Wildman–Crippen LogP) is 1.86. The highest BCUT2D eigenvalue weighted by atomic mass is 32.2. The van der Waals surface area contributed by atoms with Crippen molar-refractivity contribution in [3.63, 3.8) is 0 Å². The summed E-state index contributed by atoms with van der Waals surface area (Å²) in [6.45, 7) is 1.80. The molecule has 1 aliphatic carbocycles. The topological polar surface area (TPSA) is 105 Å². The molecule has 28 heavy (non-hydrogen) atoms. The third kappa shape index (κ3) is 2.67. The molecule has 7 nitrogen and oxygen atoms in total. The van der Waals surface area contributed by atoms with Crippen molar-refractivity contribution in [2.45, 2.75) is 23.0 Å². The highest BCUT2D eigenvalue weighted by Crippen LogP contribution is 2.64. The van der Waals surface area contributed by atoms with E-state index in [0.717, 1.165) is 0 Å². The molecule has 0 bridgehead atoms. The van der Waals surface area contributed by atoms with E-state index >= 15 is 0 Å². The molecule has 0 aromatic heterocycles. The summed E-state index contributed by atoms with van der Waals surface area (Å²) in [6.07, 6.45) is 0. The summed E-state index contributed by atoms with van der Waals surface area (Å²) in [4.78, 5) is 13.0. The monoisotopic (exact) mass is 403 g/mol. The maximum atomic E-state index is 13.4. The molecule has 0 radical (unpaired) electrons. The van der Waals surface area contributed by atoms with Gasteiger partial charge in [-0.1, -0.05) is 24.3 Å². The van der Waals surface area contributed by atoms with E-state index < -0.39 is 32.4 Å². The van der Waals surface area contributed by atoms with E-state index in [9.17, 15) is 13.2 Å². The molecular formula is C20H21NO6S. The van der Waals surface area contributed by atoms with Crippen LogP contribution in [0.25, 0.3) is 0 Å². The number of nitrogens with two attached hydrogens (primary N) is 1. The number of benzene rings is 2. The van der Waals surface area contributed by atoms with Crippen LogP contribution < -0.4 is 15.2 Å². The molecule has 0 spiro atoms. The molecule has 1 aliphatic heterocycles. The van der Waals surface area contributed by atoms with Gasteiger partial charge >= 0.3 is 5.97 Å². The van der Waals surface area contributed by atoms with Gasteiger partial charge in [-0.3, -0.25) is 4.79 Å². The van der Waals surface area contributed by atoms with E-state index in [1.807, 2.05) is 0 Å². The van der Waals surface area contributed by atoms with Gasteiger partial charge in [0, 0.05) is 12.5 Å². The number of fused-ring (bicyclic) bond motifs is 1. The van der Waals surface area contributed by atoms with Crippen molar-refractivity contribution in [3.8, 4) is 11.5 Å². The summed E-state index contributed by atoms with van der Waals surface area (Å²) < 4.78 is 42.7. The van der Waals surface area contributed by atoms with Crippen molar-refractivity contribution < 1.29 is 27.4 Å². The van der Waals surface area contributed by atoms with Gasteiger partial charge in [0.2, 0.25) is 6.79 Å². The molecule has 2 aromatic carbocycles. The van der Waals surface area contributed by atoms with E-state index in [-0.39, 0.29) is 24.8 Å². The second-order valence-electron chi connectivity index (χ2n) is 6.83. The number of esters is 1. The van der Waals surface area contributed by atoms with Crippen molar-refractivity contribution in [2.75, 3.05) is 19.9 Å². The first-order chi connectivity index (χ1) is 13.5. The van der Waals surface area contributed by atoms with Crippen molar-refractivity contribution in [2.24, 2.45) is 11.1 Å². The molecule has 0 saturated heterocycles. The third-order valence-electron chi connectivity index (χ3n) is 5.41. The minimum absolute atomic E-state index is 0.106. The lowest BCUT2D eigenvalue weighted by molar-refractivity contribution is -0.149. The molecule has 148 valence electrons. The van der Waals surface area contributed by atoms with Crippen molar-refractivity contribution >= 4 is 15.8 Å². The van der Waals surface area contributed by atoms with Gasteiger partial charge < -0.3 is 19.9 Å². The van der Waals surface area contributed by atoms with Gasteiger partial charge in [-0.05, 0) is 36.8 Å². The van der Waals surface area contributed by atoms with Crippen molar-refractivity contribution in [1.82, 2.24) is 0 Å². The van der Waals surface area contributed by atoms with Crippen LogP contribution >= 0.6 is 0 Å². The number of sulfone groups is 1. The third-order valence-corrected chi connectivity index (χ3v) is 7.70. The fraction of sp³-hybridized carbons (Fsp3) is 0.350. The first-order valence-electron chi connectivity index (χ1n) is 9.02. The Morgan fingerprint density at radius 3 is 2.57 bits per heavy atom. The first-order valence-corrected chi connectivity index (χ1v) is 10.6. The van der Waals surface area contributed by atoms with Crippen LogP contribution in [0.15, 0.2) is 53.4 Å². The lowest BCUT2D eigenvalue weighted by Crippen LogP contribution is -2.33. The van der Waals surface area contributed by atoms with Gasteiger partial charge in [-0.2, -0.15) is 0 Å². The SMILES string of the molecule is CCOC(=O)C1(CN)C(c2ccc3c(c2)OCO3)C1S(=O)(=O)c1ccccc1. The second-order valence-corrected chi connectivity index (χ2v) is 8.90. The molecule has 1 fully saturated rings. The average Bonchev–Trinajstić information content (AvgIpc) is 3.21. The van der Waals surface area contributed by atoms with E-state index in [2.05, 4.69) is 0 Å². The van der Waals surface area contributed by atoms with Crippen LogP contribution in [0.3, 0.4) is 0 Å². The Hall–Kier alpha value is -2.58. The smallest absolute Gasteiger partial charge is 0.315 e. The Balaban J connectivity index is 1.81. The van der Waals surface area contributed by atoms with Crippen molar-refractivity contribution in [1.29, 1.82) is 0 Å². The Bertz CT molecular complexity index is 1010. The fourth-order valence-corrected chi connectivity index (χ4v) is 6.43. The van der Waals surface area contributed by atoms with E-state index in [1.54, 1.807) is 43.3 Å². The van der Waals surface area contributed by atoms with E-state index in [1.165, 1.54) is 12.1 Å². The van der Waals surface area contributed by atoms with Gasteiger partial charge in [0.1, 0.15) is 5.41 Å². The molecule has 8 heteroatoms. The molecule has 4 rings (SSSR count). The molecule has 1 saturated carbocycles. The minimum atomic E-state index is -3.81. The standard InChI is InChI=1S/C20H21NO6S/c1-2-25-19(22)20(11-21)17(13-8-9-15-16(10-13)27-12-26-15)18(20)28(23,24)14-6-4-3-5-7-14/h3-10,17-18H,2,11-12,21H2,1H3. The summed E-state index contributed by atoms with van der Waals surface area (Å²) in [6, 6.07) is 13.3. The summed E-state index contributed by atoms with van der Waals surface area (Å²) in [7, 11) is -3.81. The van der Waals surface area contributed by atoms with Gasteiger partial charge in [-0.25, -0.2) is 8.42 Å². The van der Waals surface area contributed by atoms with Gasteiger partial charge in [0.05, 0.1) is 16.8 Å². The van der Waals surface area contributed by atoms with Crippen LogP contribution in [-0.4, -0.2) is 39.6 Å². The summed E-state index contributed by atoms with van der Waals surface area (Å²) >= 11 is 0. The molecule has 3 atom stereocenters. The summed E-state index contributed by atoms with van der Waals surface area (Å²) in [5.41, 5.74) is 5.31. The van der Waals surface area contributed by atoms with Gasteiger partial charge in [-0.15, -0.1) is 0 Å². The Kier molecular flexibility index (Phi) is 4.55. The van der Waals surface area contributed by atoms with Crippen LogP contribution in [0, 0.1) is 5.41 Å². The first kappa shape index (κ1) is 18.8. The number of hydrogen-bond donors (Lipinski definition) is 1. The highest BCUT2D eigenvalue weighted by Gasteiger charge is 2.75. The fourth-order valence-electron chi connectivity index (χ4n) is 4.03. The highest BCUT2D eigenvalue weighted by molar-refractivity contribution is 7.92.